The quantitative estimate of drug-likeness (QED) is 0.783. The number of rotatable bonds is 1. The summed E-state index contributed by atoms with van der Waals surface area (Å²) in [5.41, 5.74) is 2.33. The highest BCUT2D eigenvalue weighted by molar-refractivity contribution is 6.22. The maximum Gasteiger partial charge on any atom is 0.245 e. The van der Waals surface area contributed by atoms with Gasteiger partial charge in [-0.1, -0.05) is 24.3 Å². The number of carbonyl (C=O) groups excluding carboxylic acids is 2. The maximum absolute atomic E-state index is 13.3. The third-order valence-electron chi connectivity index (χ3n) is 5.84. The molecule has 5 rings (SSSR count). The third kappa shape index (κ3) is 2.06. The number of nitrogens with one attached hydrogen (secondary N) is 1. The molecule has 1 unspecified atom stereocenters. The van der Waals surface area contributed by atoms with Crippen LogP contribution in [0.3, 0.4) is 0 Å². The summed E-state index contributed by atoms with van der Waals surface area (Å²) in [4.78, 5) is 28.4. The smallest absolute Gasteiger partial charge is 0.245 e. The van der Waals surface area contributed by atoms with Crippen molar-refractivity contribution < 1.29 is 18.9 Å². The predicted molar refractivity (Wildman–Crippen MR) is 94.5 cm³/mol. The minimum absolute atomic E-state index is 0.275. The molecule has 2 aromatic rings. The minimum atomic E-state index is -0.705. The topological polar surface area (TPSA) is 65.6 Å². The molecule has 0 bridgehead atoms. The van der Waals surface area contributed by atoms with Gasteiger partial charge in [0.05, 0.1) is 11.9 Å². The Balaban J connectivity index is 1.63. The average Bonchev–Trinajstić information content (AvgIpc) is 3.15. The van der Waals surface area contributed by atoms with E-state index in [0.717, 1.165) is 20.9 Å². The second-order valence-electron chi connectivity index (χ2n) is 7.09. The second-order valence-corrected chi connectivity index (χ2v) is 7.09. The number of amides is 2. The van der Waals surface area contributed by atoms with E-state index in [-0.39, 0.29) is 17.9 Å². The number of anilines is 1. The lowest BCUT2D eigenvalue weighted by Gasteiger charge is -2.28. The number of fused-ring (bicyclic) bond motifs is 5. The van der Waals surface area contributed by atoms with Crippen molar-refractivity contribution in [3.8, 4) is 6.07 Å². The first kappa shape index (κ1) is 15.9. The Hall–Kier alpha value is -3.30. The van der Waals surface area contributed by atoms with Gasteiger partial charge in [0.15, 0.2) is 6.04 Å². The van der Waals surface area contributed by atoms with Crippen LogP contribution in [0.1, 0.15) is 17.2 Å². The van der Waals surface area contributed by atoms with Crippen molar-refractivity contribution in [2.45, 2.75) is 12.1 Å². The molecule has 0 aromatic heterocycles. The molecular formula is C21H15FN3O2+. The van der Waals surface area contributed by atoms with Crippen LogP contribution in [0.15, 0.2) is 54.7 Å². The number of nitrogens with zero attached hydrogens (tertiary/aromatic N) is 2. The molecule has 0 radical (unpaired) electrons. The summed E-state index contributed by atoms with van der Waals surface area (Å²) in [6.45, 7) is 0. The molecule has 1 N–H and O–H groups in total. The molecule has 3 aliphatic heterocycles. The Labute approximate surface area is 154 Å². The number of carbonyl (C=O) groups is 2. The Morgan fingerprint density at radius 3 is 2.44 bits per heavy atom. The number of hydrogen-bond acceptors (Lipinski definition) is 3. The van der Waals surface area contributed by atoms with Crippen molar-refractivity contribution in [2.75, 3.05) is 4.90 Å². The van der Waals surface area contributed by atoms with Gasteiger partial charge in [-0.25, -0.2) is 9.29 Å². The van der Waals surface area contributed by atoms with Gasteiger partial charge in [-0.3, -0.25) is 14.5 Å². The highest BCUT2D eigenvalue weighted by atomic mass is 19.1. The van der Waals surface area contributed by atoms with Gasteiger partial charge in [-0.2, -0.15) is 5.26 Å². The van der Waals surface area contributed by atoms with E-state index in [1.807, 2.05) is 36.5 Å². The second kappa shape index (κ2) is 5.60. The van der Waals surface area contributed by atoms with Crippen LogP contribution in [0.2, 0.25) is 0 Å². The lowest BCUT2D eigenvalue weighted by atomic mass is 9.85. The summed E-state index contributed by atoms with van der Waals surface area (Å²) in [5, 5.41) is 9.76. The molecule has 2 amide bonds. The highest BCUT2D eigenvalue weighted by Gasteiger charge is 2.66. The molecule has 0 saturated carbocycles. The fraction of sp³-hybridized carbons (Fsp3) is 0.190. The van der Waals surface area contributed by atoms with Gasteiger partial charge in [0.2, 0.25) is 11.8 Å². The average molecular weight is 360 g/mol. The van der Waals surface area contributed by atoms with Crippen LogP contribution in [0.4, 0.5) is 10.1 Å². The lowest BCUT2D eigenvalue weighted by Crippen LogP contribution is -3.10. The molecule has 5 nitrogen and oxygen atoms in total. The van der Waals surface area contributed by atoms with E-state index in [9.17, 15) is 19.2 Å². The van der Waals surface area contributed by atoms with Crippen LogP contribution in [-0.4, -0.2) is 17.9 Å². The Bertz CT molecular complexity index is 1040. The molecular weight excluding hydrogens is 345 g/mol. The number of nitriles is 1. The van der Waals surface area contributed by atoms with Gasteiger partial charge < -0.3 is 0 Å². The number of imide groups is 1. The molecule has 2 saturated heterocycles. The van der Waals surface area contributed by atoms with Gasteiger partial charge in [0, 0.05) is 5.56 Å². The van der Waals surface area contributed by atoms with Crippen LogP contribution < -0.4 is 9.80 Å². The summed E-state index contributed by atoms with van der Waals surface area (Å²) < 4.78 is 13.3. The SMILES string of the molecule is N#C[C@H]1[C@@H]2C(=O)N(c3ccc(F)cc3)C(=O)[C@@H]2[C@H]2c3ccccc3C=C[NH+]21. The summed E-state index contributed by atoms with van der Waals surface area (Å²) in [5.74, 6) is -2.44. The molecule has 2 aromatic carbocycles. The molecule has 27 heavy (non-hydrogen) atoms. The largest absolute Gasteiger partial charge is 0.287 e. The standard InChI is InChI=1S/C21H14FN3O2/c22-13-5-7-14(8-6-13)25-20(26)17-16(11-23)24-10-9-12-3-1-2-4-15(12)19(24)18(17)21(25)27/h1-10,16-19H/p+1/t16-,17-,18-,19+/m0/s1. The first-order valence-electron chi connectivity index (χ1n) is 8.78. The molecule has 5 atom stereocenters. The molecule has 6 heteroatoms. The van der Waals surface area contributed by atoms with Gasteiger partial charge in [-0.05, 0) is 35.9 Å². The molecule has 0 spiro atoms. The fourth-order valence-corrected chi connectivity index (χ4v) is 4.73. The summed E-state index contributed by atoms with van der Waals surface area (Å²) >= 11 is 0. The number of quaternary nitrogens is 1. The van der Waals surface area contributed by atoms with E-state index >= 15 is 0 Å². The third-order valence-corrected chi connectivity index (χ3v) is 5.84. The van der Waals surface area contributed by atoms with Crippen molar-refractivity contribution in [1.29, 1.82) is 5.26 Å². The zero-order valence-electron chi connectivity index (χ0n) is 14.2. The van der Waals surface area contributed by atoms with Gasteiger partial charge in [0.1, 0.15) is 29.8 Å². The first-order chi connectivity index (χ1) is 13.1. The van der Waals surface area contributed by atoms with Crippen molar-refractivity contribution in [3.05, 3.63) is 71.7 Å². The Morgan fingerprint density at radius 1 is 1.00 bits per heavy atom. The Kier molecular flexibility index (Phi) is 3.30. The zero-order chi connectivity index (χ0) is 18.7. The van der Waals surface area contributed by atoms with Crippen LogP contribution in [0, 0.1) is 29.0 Å². The number of halogens is 1. The maximum atomic E-state index is 13.3. The number of hydrogen-bond donors (Lipinski definition) is 1. The fourth-order valence-electron chi connectivity index (χ4n) is 4.73. The van der Waals surface area contributed by atoms with Crippen LogP contribution in [-0.2, 0) is 9.59 Å². The van der Waals surface area contributed by atoms with Crippen LogP contribution in [0.5, 0.6) is 0 Å². The van der Waals surface area contributed by atoms with Crippen molar-refractivity contribution in [2.24, 2.45) is 11.8 Å². The van der Waals surface area contributed by atoms with Crippen LogP contribution in [0.25, 0.3) is 6.08 Å². The van der Waals surface area contributed by atoms with E-state index < -0.39 is 23.7 Å². The first-order valence-corrected chi connectivity index (χ1v) is 8.78. The van der Waals surface area contributed by atoms with Gasteiger partial charge >= 0.3 is 0 Å². The van der Waals surface area contributed by atoms with Crippen molar-refractivity contribution >= 4 is 23.6 Å². The monoisotopic (exact) mass is 360 g/mol. The van der Waals surface area contributed by atoms with Crippen molar-refractivity contribution in [3.63, 3.8) is 0 Å². The van der Waals surface area contributed by atoms with E-state index in [2.05, 4.69) is 6.07 Å². The minimum Gasteiger partial charge on any atom is -0.287 e. The van der Waals surface area contributed by atoms with Crippen LogP contribution >= 0.6 is 0 Å². The van der Waals surface area contributed by atoms with E-state index in [1.165, 1.54) is 24.3 Å². The molecule has 3 heterocycles. The summed E-state index contributed by atoms with van der Waals surface area (Å²) in [6.07, 6.45) is 3.83. The van der Waals surface area contributed by atoms with Gasteiger partial charge in [-0.15, -0.1) is 0 Å². The van der Waals surface area contributed by atoms with Crippen molar-refractivity contribution in [1.82, 2.24) is 0 Å². The summed E-state index contributed by atoms with van der Waals surface area (Å²) in [6, 6.07) is 14.4. The molecule has 0 aliphatic carbocycles. The predicted octanol–water partition coefficient (Wildman–Crippen LogP) is 1.45. The number of benzene rings is 2. The van der Waals surface area contributed by atoms with E-state index in [0.29, 0.717) is 5.69 Å². The van der Waals surface area contributed by atoms with E-state index in [4.69, 9.17) is 0 Å². The Morgan fingerprint density at radius 2 is 1.70 bits per heavy atom. The van der Waals surface area contributed by atoms with E-state index in [1.54, 1.807) is 0 Å². The molecule has 2 fully saturated rings. The highest BCUT2D eigenvalue weighted by Crippen LogP contribution is 2.44. The summed E-state index contributed by atoms with van der Waals surface area (Å²) in [7, 11) is 0. The molecule has 132 valence electrons. The van der Waals surface area contributed by atoms with Gasteiger partial charge in [0.25, 0.3) is 0 Å². The molecule has 3 aliphatic rings. The normalized spacial score (nSPS) is 30.7. The lowest BCUT2D eigenvalue weighted by molar-refractivity contribution is -0.885. The zero-order valence-corrected chi connectivity index (χ0v) is 14.2.